The topological polar surface area (TPSA) is 17.1 Å². The molecule has 0 heterocycles. The fourth-order valence-electron chi connectivity index (χ4n) is 2.30. The minimum atomic E-state index is 0.00304. The van der Waals surface area contributed by atoms with E-state index in [9.17, 15) is 4.79 Å². The first kappa shape index (κ1) is 15.0. The third kappa shape index (κ3) is 3.80. The van der Waals surface area contributed by atoms with E-state index in [1.807, 2.05) is 37.3 Å². The van der Waals surface area contributed by atoms with Crippen molar-refractivity contribution >= 4 is 21.7 Å². The maximum Gasteiger partial charge on any atom is 0.166 e. The predicted molar refractivity (Wildman–Crippen MR) is 87.2 cm³/mol. The van der Waals surface area contributed by atoms with Crippen molar-refractivity contribution in [2.24, 2.45) is 5.92 Å². The Morgan fingerprint density at radius 1 is 1.10 bits per heavy atom. The van der Waals surface area contributed by atoms with Gasteiger partial charge in [-0.2, -0.15) is 0 Å². The number of Topliss-reactive ketones (excluding diaryl/α,β-unsaturated/α-hetero) is 1. The first-order valence-corrected chi connectivity index (χ1v) is 7.77. The number of ketones is 1. The molecule has 2 heteroatoms. The van der Waals surface area contributed by atoms with Crippen LogP contribution in [0.4, 0.5) is 0 Å². The molecule has 1 nitrogen and oxygen atoms in total. The fourth-order valence-corrected chi connectivity index (χ4v) is 2.56. The first-order chi connectivity index (χ1) is 9.60. The van der Waals surface area contributed by atoms with Crippen LogP contribution in [-0.4, -0.2) is 5.78 Å². The minimum absolute atomic E-state index is 0.00304. The molecule has 20 heavy (non-hydrogen) atoms. The van der Waals surface area contributed by atoms with Crippen LogP contribution in [0.2, 0.25) is 0 Å². The van der Waals surface area contributed by atoms with Crippen LogP contribution in [-0.2, 0) is 12.8 Å². The van der Waals surface area contributed by atoms with E-state index in [1.54, 1.807) is 0 Å². The van der Waals surface area contributed by atoms with Crippen LogP contribution in [0.1, 0.15) is 35.3 Å². The summed E-state index contributed by atoms with van der Waals surface area (Å²) in [5.74, 6) is 0.228. The van der Waals surface area contributed by atoms with Gasteiger partial charge in [-0.15, -0.1) is 0 Å². The van der Waals surface area contributed by atoms with Gasteiger partial charge in [0.1, 0.15) is 0 Å². The summed E-state index contributed by atoms with van der Waals surface area (Å²) in [5.41, 5.74) is 3.24. The third-order valence-electron chi connectivity index (χ3n) is 3.52. The van der Waals surface area contributed by atoms with Crippen molar-refractivity contribution in [2.75, 3.05) is 0 Å². The zero-order valence-corrected chi connectivity index (χ0v) is 13.5. The Bertz CT molecular complexity index is 587. The molecule has 2 aromatic carbocycles. The van der Waals surface area contributed by atoms with Gasteiger partial charge >= 0.3 is 0 Å². The van der Waals surface area contributed by atoms with E-state index in [0.29, 0.717) is 0 Å². The van der Waals surface area contributed by atoms with Crippen molar-refractivity contribution in [3.8, 4) is 0 Å². The number of hydrogen-bond donors (Lipinski definition) is 0. The second-order valence-corrected chi connectivity index (χ2v) is 6.07. The number of aryl methyl sites for hydroxylation is 1. The SMILES string of the molecule is CCc1cccc(C(=O)C(C)Cc2ccc(Br)cc2)c1. The molecule has 0 aromatic heterocycles. The van der Waals surface area contributed by atoms with Gasteiger partial charge in [0.15, 0.2) is 5.78 Å². The van der Waals surface area contributed by atoms with E-state index in [0.717, 1.165) is 22.9 Å². The van der Waals surface area contributed by atoms with E-state index in [2.05, 4.69) is 41.1 Å². The van der Waals surface area contributed by atoms with E-state index in [4.69, 9.17) is 0 Å². The molecule has 0 saturated carbocycles. The molecule has 0 aliphatic heterocycles. The van der Waals surface area contributed by atoms with Gasteiger partial charge < -0.3 is 0 Å². The standard InChI is InChI=1S/C18H19BrO/c1-3-14-5-4-6-16(12-14)18(20)13(2)11-15-7-9-17(19)10-8-15/h4-10,12-13H,3,11H2,1-2H3. The molecule has 0 fully saturated rings. The van der Waals surface area contributed by atoms with Crippen LogP contribution in [0.15, 0.2) is 53.0 Å². The van der Waals surface area contributed by atoms with Gasteiger partial charge in [-0.25, -0.2) is 0 Å². The molecule has 0 N–H and O–H groups in total. The normalized spacial score (nSPS) is 12.2. The molecule has 0 amide bonds. The number of benzene rings is 2. The molecular formula is C18H19BrO. The highest BCUT2D eigenvalue weighted by Gasteiger charge is 2.15. The highest BCUT2D eigenvalue weighted by atomic mass is 79.9. The third-order valence-corrected chi connectivity index (χ3v) is 4.05. The Balaban J connectivity index is 2.09. The molecular weight excluding hydrogens is 312 g/mol. The summed E-state index contributed by atoms with van der Waals surface area (Å²) in [6.07, 6.45) is 1.74. The molecule has 104 valence electrons. The fraction of sp³-hybridized carbons (Fsp3) is 0.278. The Kier molecular flexibility index (Phi) is 5.13. The maximum absolute atomic E-state index is 12.5. The smallest absolute Gasteiger partial charge is 0.166 e. The van der Waals surface area contributed by atoms with Crippen LogP contribution >= 0.6 is 15.9 Å². The van der Waals surface area contributed by atoms with Gasteiger partial charge in [-0.3, -0.25) is 4.79 Å². The number of halogens is 1. The predicted octanol–water partition coefficient (Wildman–Crippen LogP) is 5.07. The van der Waals surface area contributed by atoms with Gasteiger partial charge in [-0.05, 0) is 42.2 Å². The van der Waals surface area contributed by atoms with Gasteiger partial charge in [0, 0.05) is 16.0 Å². The van der Waals surface area contributed by atoms with Crippen molar-refractivity contribution in [2.45, 2.75) is 26.7 Å². The molecule has 0 aliphatic rings. The summed E-state index contributed by atoms with van der Waals surface area (Å²) in [7, 11) is 0. The summed E-state index contributed by atoms with van der Waals surface area (Å²) < 4.78 is 1.07. The first-order valence-electron chi connectivity index (χ1n) is 6.97. The second kappa shape index (κ2) is 6.85. The zero-order valence-electron chi connectivity index (χ0n) is 11.9. The van der Waals surface area contributed by atoms with Gasteiger partial charge in [-0.1, -0.05) is 60.1 Å². The van der Waals surface area contributed by atoms with E-state index in [-0.39, 0.29) is 11.7 Å². The lowest BCUT2D eigenvalue weighted by Gasteiger charge is -2.11. The molecule has 2 rings (SSSR count). The maximum atomic E-state index is 12.5. The Morgan fingerprint density at radius 3 is 2.45 bits per heavy atom. The summed E-state index contributed by atoms with van der Waals surface area (Å²) in [6, 6.07) is 16.1. The van der Waals surface area contributed by atoms with Crippen molar-refractivity contribution in [1.29, 1.82) is 0 Å². The quantitative estimate of drug-likeness (QED) is 0.699. The minimum Gasteiger partial charge on any atom is -0.294 e. The molecule has 0 bridgehead atoms. The van der Waals surface area contributed by atoms with Crippen LogP contribution in [0.3, 0.4) is 0 Å². The Morgan fingerprint density at radius 2 is 1.80 bits per heavy atom. The number of carbonyl (C=O) groups is 1. The lowest BCUT2D eigenvalue weighted by Crippen LogP contribution is -2.14. The summed E-state index contributed by atoms with van der Waals surface area (Å²) in [4.78, 5) is 12.5. The van der Waals surface area contributed by atoms with Crippen LogP contribution < -0.4 is 0 Å². The molecule has 0 radical (unpaired) electrons. The lowest BCUT2D eigenvalue weighted by atomic mass is 9.92. The molecule has 2 aromatic rings. The average Bonchev–Trinajstić information content (AvgIpc) is 2.48. The Labute approximate surface area is 129 Å². The number of carbonyl (C=O) groups excluding carboxylic acids is 1. The molecule has 0 aliphatic carbocycles. The van der Waals surface area contributed by atoms with Crippen molar-refractivity contribution in [3.05, 3.63) is 69.7 Å². The summed E-state index contributed by atoms with van der Waals surface area (Å²) >= 11 is 3.43. The lowest BCUT2D eigenvalue weighted by molar-refractivity contribution is 0.0929. The van der Waals surface area contributed by atoms with Crippen LogP contribution in [0.25, 0.3) is 0 Å². The van der Waals surface area contributed by atoms with E-state index >= 15 is 0 Å². The molecule has 0 saturated heterocycles. The van der Waals surface area contributed by atoms with Gasteiger partial charge in [0.2, 0.25) is 0 Å². The van der Waals surface area contributed by atoms with Gasteiger partial charge in [0.25, 0.3) is 0 Å². The zero-order chi connectivity index (χ0) is 14.5. The largest absolute Gasteiger partial charge is 0.294 e. The summed E-state index contributed by atoms with van der Waals surface area (Å²) in [5, 5.41) is 0. The van der Waals surface area contributed by atoms with Crippen LogP contribution in [0, 0.1) is 5.92 Å². The molecule has 1 unspecified atom stereocenters. The highest BCUT2D eigenvalue weighted by Crippen LogP contribution is 2.18. The van der Waals surface area contributed by atoms with Crippen molar-refractivity contribution in [1.82, 2.24) is 0 Å². The monoisotopic (exact) mass is 330 g/mol. The highest BCUT2D eigenvalue weighted by molar-refractivity contribution is 9.10. The van der Waals surface area contributed by atoms with Crippen LogP contribution in [0.5, 0.6) is 0 Å². The van der Waals surface area contributed by atoms with Crippen molar-refractivity contribution in [3.63, 3.8) is 0 Å². The average molecular weight is 331 g/mol. The van der Waals surface area contributed by atoms with Crippen molar-refractivity contribution < 1.29 is 4.79 Å². The number of hydrogen-bond acceptors (Lipinski definition) is 1. The van der Waals surface area contributed by atoms with E-state index < -0.39 is 0 Å². The molecule has 1 atom stereocenters. The van der Waals surface area contributed by atoms with Gasteiger partial charge in [0.05, 0.1) is 0 Å². The Hall–Kier alpha value is -1.41. The summed E-state index contributed by atoms with van der Waals surface area (Å²) in [6.45, 7) is 4.11. The molecule has 0 spiro atoms. The second-order valence-electron chi connectivity index (χ2n) is 5.15. The number of rotatable bonds is 5. The van der Waals surface area contributed by atoms with E-state index in [1.165, 1.54) is 11.1 Å².